The summed E-state index contributed by atoms with van der Waals surface area (Å²) in [5.74, 6) is 1.18. The van der Waals surface area contributed by atoms with E-state index in [4.69, 9.17) is 4.52 Å². The van der Waals surface area contributed by atoms with Crippen molar-refractivity contribution in [3.8, 4) is 0 Å². The normalized spacial score (nSPS) is 10.7. The molecule has 1 radical (unpaired) electrons. The van der Waals surface area contributed by atoms with Gasteiger partial charge in [-0.05, 0) is 12.8 Å². The van der Waals surface area contributed by atoms with Gasteiger partial charge in [0.1, 0.15) is 5.76 Å². The molecule has 0 spiro atoms. The van der Waals surface area contributed by atoms with E-state index in [0.717, 1.165) is 11.5 Å². The number of aryl methyl sites for hydroxylation is 1. The lowest BCUT2D eigenvalue weighted by molar-refractivity contribution is 0.387. The lowest BCUT2D eigenvalue weighted by Crippen LogP contribution is -1.84. The molecular formula is C7H10NO. The highest BCUT2D eigenvalue weighted by molar-refractivity contribution is 5.04. The Morgan fingerprint density at radius 2 is 2.22 bits per heavy atom. The fourth-order valence-electron chi connectivity index (χ4n) is 0.593. The number of hydrogen-bond acceptors (Lipinski definition) is 2. The lowest BCUT2D eigenvalue weighted by Gasteiger charge is -1.92. The molecule has 1 rings (SSSR count). The largest absolute Gasteiger partial charge is 0.361 e. The van der Waals surface area contributed by atoms with Crippen molar-refractivity contribution in [1.29, 1.82) is 0 Å². The molecule has 1 aromatic rings. The van der Waals surface area contributed by atoms with Crippen molar-refractivity contribution in [2.75, 3.05) is 0 Å². The summed E-state index contributed by atoms with van der Waals surface area (Å²) < 4.78 is 4.82. The molecule has 49 valence electrons. The van der Waals surface area contributed by atoms with Gasteiger partial charge >= 0.3 is 0 Å². The minimum atomic E-state index is 0.419. The van der Waals surface area contributed by atoms with Crippen LogP contribution in [0.5, 0.6) is 0 Å². The molecule has 0 bridgehead atoms. The average molecular weight is 124 g/mol. The van der Waals surface area contributed by atoms with Crippen LogP contribution in [-0.4, -0.2) is 5.16 Å². The van der Waals surface area contributed by atoms with Crippen LogP contribution in [0.25, 0.3) is 0 Å². The molecule has 0 aromatic carbocycles. The maximum Gasteiger partial charge on any atom is 0.141 e. The van der Waals surface area contributed by atoms with Gasteiger partial charge in [0.25, 0.3) is 0 Å². The highest BCUT2D eigenvalue weighted by Gasteiger charge is 2.03. The molecule has 0 atom stereocenters. The molecule has 2 nitrogen and oxygen atoms in total. The molecule has 0 saturated carbocycles. The van der Waals surface area contributed by atoms with Crippen molar-refractivity contribution < 1.29 is 4.52 Å². The molecule has 1 heterocycles. The maximum absolute atomic E-state index is 4.82. The van der Waals surface area contributed by atoms with Crippen LogP contribution >= 0.6 is 0 Å². The quantitative estimate of drug-likeness (QED) is 0.571. The lowest BCUT2D eigenvalue weighted by atomic mass is 10.1. The summed E-state index contributed by atoms with van der Waals surface area (Å²) in [6.07, 6.45) is 0. The molecule has 0 N–H and O–H groups in total. The first-order chi connectivity index (χ1) is 4.20. The third kappa shape index (κ3) is 1.31. The van der Waals surface area contributed by atoms with Crippen molar-refractivity contribution in [2.45, 2.75) is 26.7 Å². The van der Waals surface area contributed by atoms with Gasteiger partial charge in [-0.15, -0.1) is 0 Å². The summed E-state index contributed by atoms with van der Waals surface area (Å²) >= 11 is 0. The maximum atomic E-state index is 4.82. The Hall–Kier alpha value is -0.790. The first kappa shape index (κ1) is 6.33. The molecule has 0 aliphatic heterocycles. The van der Waals surface area contributed by atoms with Crippen LogP contribution in [-0.2, 0) is 0 Å². The number of hydrogen-bond donors (Lipinski definition) is 0. The molecule has 0 fully saturated rings. The fraction of sp³-hybridized carbons (Fsp3) is 0.571. The molecule has 9 heavy (non-hydrogen) atoms. The second-order valence-electron chi connectivity index (χ2n) is 2.40. The van der Waals surface area contributed by atoms with Gasteiger partial charge < -0.3 is 4.52 Å². The third-order valence-corrected chi connectivity index (χ3v) is 1.13. The van der Waals surface area contributed by atoms with Gasteiger partial charge in [0.05, 0.1) is 11.8 Å². The summed E-state index contributed by atoms with van der Waals surface area (Å²) in [6.45, 7) is 5.97. The molecule has 0 aliphatic rings. The van der Waals surface area contributed by atoms with E-state index in [2.05, 4.69) is 25.1 Å². The minimum Gasteiger partial charge on any atom is -0.361 e. The number of aromatic nitrogens is 1. The predicted molar refractivity (Wildman–Crippen MR) is 34.2 cm³/mol. The first-order valence-electron chi connectivity index (χ1n) is 3.05. The summed E-state index contributed by atoms with van der Waals surface area (Å²) in [4.78, 5) is 0. The van der Waals surface area contributed by atoms with E-state index >= 15 is 0 Å². The molecular weight excluding hydrogens is 114 g/mol. The standard InChI is InChI=1S/C7H10NO/c1-5(2)7-4-6(3)9-8-7/h5H,1-3H3. The highest BCUT2D eigenvalue weighted by Crippen LogP contribution is 2.11. The number of rotatable bonds is 1. The second kappa shape index (κ2) is 2.21. The molecule has 0 unspecified atom stereocenters. The summed E-state index contributed by atoms with van der Waals surface area (Å²) in [6, 6.07) is 3.00. The Balaban J connectivity index is 2.85. The van der Waals surface area contributed by atoms with Gasteiger partial charge in [0, 0.05) is 0 Å². The van der Waals surface area contributed by atoms with E-state index in [1.165, 1.54) is 0 Å². The van der Waals surface area contributed by atoms with Gasteiger partial charge in [0.15, 0.2) is 0 Å². The van der Waals surface area contributed by atoms with Crippen molar-refractivity contribution in [2.24, 2.45) is 0 Å². The highest BCUT2D eigenvalue weighted by atomic mass is 16.5. The van der Waals surface area contributed by atoms with E-state index in [1.807, 2.05) is 6.92 Å². The number of nitrogens with zero attached hydrogens (tertiary/aromatic N) is 1. The van der Waals surface area contributed by atoms with E-state index in [1.54, 1.807) is 0 Å². The van der Waals surface area contributed by atoms with Crippen LogP contribution in [0.4, 0.5) is 0 Å². The van der Waals surface area contributed by atoms with Crippen molar-refractivity contribution in [3.05, 3.63) is 17.5 Å². The van der Waals surface area contributed by atoms with Crippen LogP contribution < -0.4 is 0 Å². The smallest absolute Gasteiger partial charge is 0.141 e. The zero-order valence-corrected chi connectivity index (χ0v) is 5.93. The first-order valence-corrected chi connectivity index (χ1v) is 3.05. The van der Waals surface area contributed by atoms with E-state index in [9.17, 15) is 0 Å². The van der Waals surface area contributed by atoms with Gasteiger partial charge in [-0.3, -0.25) is 0 Å². The Morgan fingerprint density at radius 1 is 1.56 bits per heavy atom. The van der Waals surface area contributed by atoms with E-state index in [0.29, 0.717) is 5.92 Å². The van der Waals surface area contributed by atoms with Gasteiger partial charge in [-0.25, -0.2) is 0 Å². The van der Waals surface area contributed by atoms with Gasteiger partial charge in [-0.1, -0.05) is 19.0 Å². The summed E-state index contributed by atoms with van der Waals surface area (Å²) in [5.41, 5.74) is 0.910. The van der Waals surface area contributed by atoms with Crippen molar-refractivity contribution in [1.82, 2.24) is 5.16 Å². The summed E-state index contributed by atoms with van der Waals surface area (Å²) in [7, 11) is 0. The van der Waals surface area contributed by atoms with Crippen LogP contribution in [0, 0.1) is 13.0 Å². The predicted octanol–water partition coefficient (Wildman–Crippen LogP) is 1.91. The molecule has 0 amide bonds. The minimum absolute atomic E-state index is 0.419. The average Bonchev–Trinajstić information content (AvgIpc) is 2.14. The van der Waals surface area contributed by atoms with Crippen molar-refractivity contribution >= 4 is 0 Å². The Morgan fingerprint density at radius 3 is 2.44 bits per heavy atom. The Labute approximate surface area is 54.9 Å². The van der Waals surface area contributed by atoms with Crippen molar-refractivity contribution in [3.63, 3.8) is 0 Å². The molecule has 2 heteroatoms. The van der Waals surface area contributed by atoms with E-state index in [-0.39, 0.29) is 0 Å². The van der Waals surface area contributed by atoms with E-state index < -0.39 is 0 Å². The fourth-order valence-corrected chi connectivity index (χ4v) is 0.593. The topological polar surface area (TPSA) is 26.0 Å². The molecule has 1 aromatic heterocycles. The zero-order valence-electron chi connectivity index (χ0n) is 5.93. The summed E-state index contributed by atoms with van der Waals surface area (Å²) in [5, 5.41) is 3.78. The molecule has 0 aliphatic carbocycles. The van der Waals surface area contributed by atoms with Gasteiger partial charge in [0.2, 0.25) is 0 Å². The molecule has 0 saturated heterocycles. The monoisotopic (exact) mass is 124 g/mol. The van der Waals surface area contributed by atoms with Crippen LogP contribution in [0.2, 0.25) is 0 Å². The zero-order chi connectivity index (χ0) is 6.85. The SMILES string of the molecule is Cc1[c]c(C(C)C)no1. The van der Waals surface area contributed by atoms with Crippen LogP contribution in [0.3, 0.4) is 0 Å². The Bertz CT molecular complexity index is 191. The second-order valence-corrected chi connectivity index (χ2v) is 2.40. The van der Waals surface area contributed by atoms with Crippen LogP contribution in [0.15, 0.2) is 4.52 Å². The van der Waals surface area contributed by atoms with Crippen LogP contribution in [0.1, 0.15) is 31.2 Å². The Kier molecular flexibility index (Phi) is 1.56. The van der Waals surface area contributed by atoms with Gasteiger partial charge in [-0.2, -0.15) is 0 Å². The third-order valence-electron chi connectivity index (χ3n) is 1.13.